The van der Waals surface area contributed by atoms with Crippen LogP contribution in [0.15, 0.2) is 18.2 Å². The third-order valence-corrected chi connectivity index (χ3v) is 4.81. The van der Waals surface area contributed by atoms with E-state index >= 15 is 4.39 Å². The Balaban J connectivity index is 2.44. The molecular weight excluding hydrogens is 300 g/mol. The molecule has 1 saturated carbocycles. The highest BCUT2D eigenvalue weighted by Gasteiger charge is 2.54. The van der Waals surface area contributed by atoms with Crippen molar-refractivity contribution in [1.29, 1.82) is 0 Å². The van der Waals surface area contributed by atoms with Crippen LogP contribution in [0.3, 0.4) is 0 Å². The molecule has 0 heterocycles. The number of alkyl halides is 1. The summed E-state index contributed by atoms with van der Waals surface area (Å²) in [5.74, 6) is 0. The lowest BCUT2D eigenvalue weighted by Gasteiger charge is -2.46. The SMILES string of the molecule is CN(C)C[C@@]1(F)CCCC[C@]1(O)c1ccc(Cl)c(Cl)c1. The van der Waals surface area contributed by atoms with Crippen molar-refractivity contribution in [2.75, 3.05) is 20.6 Å². The minimum absolute atomic E-state index is 0.184. The lowest BCUT2D eigenvalue weighted by Crippen LogP contribution is -2.55. The highest BCUT2D eigenvalue weighted by Crippen LogP contribution is 2.48. The molecule has 112 valence electrons. The molecule has 0 aliphatic heterocycles. The van der Waals surface area contributed by atoms with E-state index in [1.165, 1.54) is 0 Å². The molecule has 0 spiro atoms. The van der Waals surface area contributed by atoms with Gasteiger partial charge in [-0.05, 0) is 57.5 Å². The van der Waals surface area contributed by atoms with Gasteiger partial charge >= 0.3 is 0 Å². The second kappa shape index (κ2) is 5.80. The van der Waals surface area contributed by atoms with E-state index < -0.39 is 11.3 Å². The fourth-order valence-corrected chi connectivity index (χ4v) is 3.38. The zero-order valence-electron chi connectivity index (χ0n) is 11.8. The molecule has 20 heavy (non-hydrogen) atoms. The van der Waals surface area contributed by atoms with Gasteiger partial charge in [0.25, 0.3) is 0 Å². The van der Waals surface area contributed by atoms with Crippen molar-refractivity contribution in [1.82, 2.24) is 4.90 Å². The molecule has 0 radical (unpaired) electrons. The van der Waals surface area contributed by atoms with E-state index in [4.69, 9.17) is 23.2 Å². The standard InChI is InChI=1S/C15H20Cl2FNO/c1-19(2)10-14(18)7-3-4-8-15(14,20)11-5-6-12(16)13(17)9-11/h5-6,9,20H,3-4,7-8,10H2,1-2H3/t14-,15-/m0/s1. The normalized spacial score (nSPS) is 30.8. The summed E-state index contributed by atoms with van der Waals surface area (Å²) in [5, 5.41) is 11.8. The van der Waals surface area contributed by atoms with Gasteiger partial charge in [0.2, 0.25) is 0 Å². The molecule has 1 aliphatic carbocycles. The van der Waals surface area contributed by atoms with Gasteiger partial charge in [0.15, 0.2) is 5.67 Å². The summed E-state index contributed by atoms with van der Waals surface area (Å²) < 4.78 is 15.4. The number of hydrogen-bond acceptors (Lipinski definition) is 2. The molecule has 0 aromatic heterocycles. The van der Waals surface area contributed by atoms with Gasteiger partial charge in [-0.15, -0.1) is 0 Å². The van der Waals surface area contributed by atoms with E-state index in [1.54, 1.807) is 23.1 Å². The molecule has 0 unspecified atom stereocenters. The van der Waals surface area contributed by atoms with Crippen LogP contribution in [0, 0.1) is 0 Å². The molecule has 1 fully saturated rings. The zero-order chi connectivity index (χ0) is 15.0. The lowest BCUT2D eigenvalue weighted by atomic mass is 9.69. The van der Waals surface area contributed by atoms with Crippen LogP contribution < -0.4 is 0 Å². The minimum Gasteiger partial charge on any atom is -0.382 e. The van der Waals surface area contributed by atoms with E-state index in [9.17, 15) is 5.11 Å². The molecule has 1 aliphatic rings. The highest BCUT2D eigenvalue weighted by atomic mass is 35.5. The smallest absolute Gasteiger partial charge is 0.156 e. The van der Waals surface area contributed by atoms with Crippen LogP contribution in [0.2, 0.25) is 10.0 Å². The largest absolute Gasteiger partial charge is 0.382 e. The zero-order valence-corrected chi connectivity index (χ0v) is 13.3. The van der Waals surface area contributed by atoms with Crippen LogP contribution in [0.1, 0.15) is 31.2 Å². The molecule has 1 aromatic rings. The van der Waals surface area contributed by atoms with Crippen LogP contribution in [-0.2, 0) is 5.60 Å². The van der Waals surface area contributed by atoms with Crippen LogP contribution in [-0.4, -0.2) is 36.3 Å². The molecule has 1 N–H and O–H groups in total. The number of aliphatic hydroxyl groups is 1. The van der Waals surface area contributed by atoms with Crippen molar-refractivity contribution in [3.8, 4) is 0 Å². The van der Waals surface area contributed by atoms with Gasteiger partial charge in [-0.1, -0.05) is 29.3 Å². The number of hydrogen-bond donors (Lipinski definition) is 1. The van der Waals surface area contributed by atoms with Crippen LogP contribution in [0.4, 0.5) is 4.39 Å². The van der Waals surface area contributed by atoms with Gasteiger partial charge in [0, 0.05) is 6.54 Å². The molecule has 2 nitrogen and oxygen atoms in total. The summed E-state index contributed by atoms with van der Waals surface area (Å²) in [6, 6.07) is 4.87. The Labute approximate surface area is 129 Å². The van der Waals surface area contributed by atoms with Crippen molar-refractivity contribution in [3.05, 3.63) is 33.8 Å². The fraction of sp³-hybridized carbons (Fsp3) is 0.600. The van der Waals surface area contributed by atoms with Crippen molar-refractivity contribution in [2.24, 2.45) is 0 Å². The van der Waals surface area contributed by atoms with Gasteiger partial charge in [-0.25, -0.2) is 4.39 Å². The maximum Gasteiger partial charge on any atom is 0.156 e. The highest BCUT2D eigenvalue weighted by molar-refractivity contribution is 6.42. The molecule has 5 heteroatoms. The maximum atomic E-state index is 15.4. The topological polar surface area (TPSA) is 23.5 Å². The number of rotatable bonds is 3. The molecule has 0 saturated heterocycles. The monoisotopic (exact) mass is 319 g/mol. The van der Waals surface area contributed by atoms with Crippen molar-refractivity contribution >= 4 is 23.2 Å². The Morgan fingerprint density at radius 3 is 2.45 bits per heavy atom. The molecule has 0 bridgehead atoms. The number of benzene rings is 1. The number of halogens is 3. The second-order valence-electron chi connectivity index (χ2n) is 5.90. The number of nitrogens with zero attached hydrogens (tertiary/aromatic N) is 1. The van der Waals surface area contributed by atoms with E-state index in [2.05, 4.69) is 0 Å². The summed E-state index contributed by atoms with van der Waals surface area (Å²) in [7, 11) is 3.62. The summed E-state index contributed by atoms with van der Waals surface area (Å²) >= 11 is 11.9. The van der Waals surface area contributed by atoms with Gasteiger partial charge in [-0.3, -0.25) is 0 Å². The quantitative estimate of drug-likeness (QED) is 0.909. The predicted octanol–water partition coefficient (Wildman–Crippen LogP) is 4.02. The van der Waals surface area contributed by atoms with Gasteiger partial charge in [0.1, 0.15) is 5.60 Å². The average Bonchev–Trinajstić information content (AvgIpc) is 2.35. The van der Waals surface area contributed by atoms with Crippen molar-refractivity contribution in [3.63, 3.8) is 0 Å². The first-order valence-corrected chi connectivity index (χ1v) is 7.56. The maximum absolute atomic E-state index is 15.4. The Morgan fingerprint density at radius 1 is 1.20 bits per heavy atom. The Kier molecular flexibility index (Phi) is 4.65. The molecule has 2 rings (SSSR count). The minimum atomic E-state index is -1.67. The first-order valence-electron chi connectivity index (χ1n) is 6.80. The van der Waals surface area contributed by atoms with Crippen molar-refractivity contribution < 1.29 is 9.50 Å². The van der Waals surface area contributed by atoms with Crippen LogP contribution in [0.25, 0.3) is 0 Å². The lowest BCUT2D eigenvalue weighted by molar-refractivity contribution is -0.145. The molecule has 0 amide bonds. The van der Waals surface area contributed by atoms with E-state index in [0.717, 1.165) is 12.8 Å². The Bertz CT molecular complexity index is 497. The second-order valence-corrected chi connectivity index (χ2v) is 6.71. The van der Waals surface area contributed by atoms with E-state index in [1.807, 2.05) is 14.1 Å². The molecular formula is C15H20Cl2FNO. The summed E-state index contributed by atoms with van der Waals surface area (Å²) in [6.07, 6.45) is 2.33. The van der Waals surface area contributed by atoms with Crippen LogP contribution >= 0.6 is 23.2 Å². The summed E-state index contributed by atoms with van der Waals surface area (Å²) in [4.78, 5) is 1.77. The predicted molar refractivity (Wildman–Crippen MR) is 81.2 cm³/mol. The van der Waals surface area contributed by atoms with E-state index in [-0.39, 0.29) is 6.54 Å². The summed E-state index contributed by atoms with van der Waals surface area (Å²) in [5.41, 5.74) is -2.67. The van der Waals surface area contributed by atoms with E-state index in [0.29, 0.717) is 28.5 Å². The summed E-state index contributed by atoms with van der Waals surface area (Å²) in [6.45, 7) is 0.184. The molecule has 1 aromatic carbocycles. The fourth-order valence-electron chi connectivity index (χ4n) is 3.08. The average molecular weight is 320 g/mol. The third kappa shape index (κ3) is 2.82. The van der Waals surface area contributed by atoms with Gasteiger partial charge in [-0.2, -0.15) is 0 Å². The first-order chi connectivity index (χ1) is 9.28. The van der Waals surface area contributed by atoms with Gasteiger partial charge < -0.3 is 10.0 Å². The first kappa shape index (κ1) is 16.0. The third-order valence-electron chi connectivity index (χ3n) is 4.07. The van der Waals surface area contributed by atoms with Crippen molar-refractivity contribution in [2.45, 2.75) is 37.0 Å². The van der Waals surface area contributed by atoms with Gasteiger partial charge in [0.05, 0.1) is 10.0 Å². The van der Waals surface area contributed by atoms with Crippen LogP contribution in [0.5, 0.6) is 0 Å². The molecule has 2 atom stereocenters. The Hall–Kier alpha value is -0.350. The Morgan fingerprint density at radius 2 is 1.85 bits per heavy atom.